The molecule has 0 spiro atoms. The van der Waals surface area contributed by atoms with E-state index < -0.39 is 0 Å². The maximum absolute atomic E-state index is 6.00. The number of hydrogen-bond donors (Lipinski definition) is 1. The first kappa shape index (κ1) is 13.9. The minimum Gasteiger partial charge on any atom is -0.398 e. The Morgan fingerprint density at radius 2 is 1.74 bits per heavy atom. The van der Waals surface area contributed by atoms with Gasteiger partial charge >= 0.3 is 0 Å². The third kappa shape index (κ3) is 3.98. The Morgan fingerprint density at radius 1 is 1.05 bits per heavy atom. The van der Waals surface area contributed by atoms with E-state index in [0.717, 1.165) is 29.4 Å². The van der Waals surface area contributed by atoms with E-state index >= 15 is 0 Å². The lowest BCUT2D eigenvalue weighted by Gasteiger charge is -2.18. The molecule has 0 heterocycles. The number of aryl methyl sites for hydroxylation is 1. The van der Waals surface area contributed by atoms with E-state index in [4.69, 9.17) is 17.3 Å². The van der Waals surface area contributed by atoms with Crippen molar-refractivity contribution in [1.82, 2.24) is 4.90 Å². The second kappa shape index (κ2) is 6.09. The summed E-state index contributed by atoms with van der Waals surface area (Å²) in [6.07, 6.45) is 0. The average molecular weight is 275 g/mol. The molecule has 2 nitrogen and oxygen atoms in total. The van der Waals surface area contributed by atoms with Crippen LogP contribution in [-0.4, -0.2) is 11.9 Å². The molecule has 0 saturated heterocycles. The highest BCUT2D eigenvalue weighted by Crippen LogP contribution is 2.20. The molecule has 0 atom stereocenters. The zero-order valence-corrected chi connectivity index (χ0v) is 12.1. The van der Waals surface area contributed by atoms with Crippen LogP contribution in [0.1, 0.15) is 16.7 Å². The molecule has 0 aliphatic heterocycles. The molecule has 0 unspecified atom stereocenters. The Morgan fingerprint density at radius 3 is 2.42 bits per heavy atom. The second-order valence-corrected chi connectivity index (χ2v) is 5.44. The molecule has 0 radical (unpaired) electrons. The van der Waals surface area contributed by atoms with Crippen LogP contribution in [0.15, 0.2) is 42.5 Å². The fraction of sp³-hybridized carbons (Fsp3) is 0.250. The predicted molar refractivity (Wildman–Crippen MR) is 82.2 cm³/mol. The van der Waals surface area contributed by atoms with Crippen molar-refractivity contribution in [3.63, 3.8) is 0 Å². The first-order valence-electron chi connectivity index (χ1n) is 6.32. The quantitative estimate of drug-likeness (QED) is 0.858. The van der Waals surface area contributed by atoms with E-state index in [1.807, 2.05) is 18.2 Å². The van der Waals surface area contributed by atoms with Crippen LogP contribution in [0.25, 0.3) is 0 Å². The molecule has 0 aliphatic rings. The van der Waals surface area contributed by atoms with Gasteiger partial charge in [-0.2, -0.15) is 0 Å². The summed E-state index contributed by atoms with van der Waals surface area (Å²) in [7, 11) is 2.08. The van der Waals surface area contributed by atoms with Crippen molar-refractivity contribution < 1.29 is 0 Å². The van der Waals surface area contributed by atoms with E-state index in [-0.39, 0.29) is 0 Å². The van der Waals surface area contributed by atoms with Gasteiger partial charge in [-0.3, -0.25) is 4.90 Å². The smallest absolute Gasteiger partial charge is 0.0410 e. The lowest BCUT2D eigenvalue weighted by Crippen LogP contribution is -2.18. The number of nitrogens with zero attached hydrogens (tertiary/aromatic N) is 1. The molecular formula is C16H19ClN2. The summed E-state index contributed by atoms with van der Waals surface area (Å²) in [6.45, 7) is 3.78. The van der Waals surface area contributed by atoms with Crippen molar-refractivity contribution in [2.45, 2.75) is 20.0 Å². The molecule has 2 aromatic rings. The fourth-order valence-electron chi connectivity index (χ4n) is 2.06. The number of benzene rings is 2. The van der Waals surface area contributed by atoms with Gasteiger partial charge in [0.25, 0.3) is 0 Å². The van der Waals surface area contributed by atoms with Gasteiger partial charge in [0.15, 0.2) is 0 Å². The molecule has 100 valence electrons. The molecule has 0 saturated carbocycles. The highest BCUT2D eigenvalue weighted by molar-refractivity contribution is 6.30. The monoisotopic (exact) mass is 274 g/mol. The lowest BCUT2D eigenvalue weighted by molar-refractivity contribution is 0.319. The SMILES string of the molecule is Cc1ccc(CN(C)Cc2cc(Cl)ccc2N)cc1. The van der Waals surface area contributed by atoms with Crippen LogP contribution in [0, 0.1) is 6.92 Å². The lowest BCUT2D eigenvalue weighted by atomic mass is 10.1. The topological polar surface area (TPSA) is 29.3 Å². The number of hydrogen-bond acceptors (Lipinski definition) is 2. The van der Waals surface area contributed by atoms with E-state index in [2.05, 4.69) is 43.1 Å². The maximum Gasteiger partial charge on any atom is 0.0410 e. The summed E-state index contributed by atoms with van der Waals surface area (Å²) in [4.78, 5) is 2.23. The highest BCUT2D eigenvalue weighted by Gasteiger charge is 2.05. The molecule has 0 aliphatic carbocycles. The van der Waals surface area contributed by atoms with Crippen molar-refractivity contribution in [2.75, 3.05) is 12.8 Å². The molecule has 2 N–H and O–H groups in total. The summed E-state index contributed by atoms with van der Waals surface area (Å²) < 4.78 is 0. The van der Waals surface area contributed by atoms with Crippen molar-refractivity contribution in [1.29, 1.82) is 0 Å². The van der Waals surface area contributed by atoms with Gasteiger partial charge in [-0.1, -0.05) is 41.4 Å². The Labute approximate surface area is 119 Å². The van der Waals surface area contributed by atoms with Gasteiger partial charge in [-0.05, 0) is 43.3 Å². The van der Waals surface area contributed by atoms with Crippen molar-refractivity contribution >= 4 is 17.3 Å². The Kier molecular flexibility index (Phi) is 4.46. The van der Waals surface area contributed by atoms with E-state index in [1.54, 1.807) is 0 Å². The van der Waals surface area contributed by atoms with Crippen LogP contribution in [0.4, 0.5) is 5.69 Å². The molecule has 0 fully saturated rings. The van der Waals surface area contributed by atoms with Gasteiger partial charge in [0.2, 0.25) is 0 Å². The molecule has 3 heteroatoms. The molecule has 2 aromatic carbocycles. The van der Waals surface area contributed by atoms with Gasteiger partial charge in [0.05, 0.1) is 0 Å². The molecular weight excluding hydrogens is 256 g/mol. The number of nitrogens with two attached hydrogens (primary N) is 1. The zero-order chi connectivity index (χ0) is 13.8. The van der Waals surface area contributed by atoms with Crippen LogP contribution in [0.2, 0.25) is 5.02 Å². The van der Waals surface area contributed by atoms with Crippen LogP contribution < -0.4 is 5.73 Å². The molecule has 0 bridgehead atoms. The Bertz CT molecular complexity index is 549. The summed E-state index contributed by atoms with van der Waals surface area (Å²) in [5, 5.41) is 0.730. The predicted octanol–water partition coefficient (Wildman–Crippen LogP) is 3.86. The van der Waals surface area contributed by atoms with Gasteiger partial charge < -0.3 is 5.73 Å². The summed E-state index contributed by atoms with van der Waals surface area (Å²) in [5.74, 6) is 0. The second-order valence-electron chi connectivity index (χ2n) is 5.00. The van der Waals surface area contributed by atoms with E-state index in [9.17, 15) is 0 Å². The Balaban J connectivity index is 2.02. The summed E-state index contributed by atoms with van der Waals surface area (Å²) in [6, 6.07) is 14.2. The maximum atomic E-state index is 6.00. The third-order valence-electron chi connectivity index (χ3n) is 3.12. The minimum atomic E-state index is 0.730. The number of halogens is 1. The Hall–Kier alpha value is -1.51. The van der Waals surface area contributed by atoms with Crippen molar-refractivity contribution in [2.24, 2.45) is 0 Å². The first-order chi connectivity index (χ1) is 9.04. The van der Waals surface area contributed by atoms with Crippen molar-refractivity contribution in [3.05, 3.63) is 64.2 Å². The number of nitrogen functional groups attached to an aromatic ring is 1. The van der Waals surface area contributed by atoms with Crippen LogP contribution in [0.5, 0.6) is 0 Å². The summed E-state index contributed by atoms with van der Waals surface area (Å²) >= 11 is 6.00. The van der Waals surface area contributed by atoms with Gasteiger partial charge in [-0.15, -0.1) is 0 Å². The zero-order valence-electron chi connectivity index (χ0n) is 11.4. The largest absolute Gasteiger partial charge is 0.398 e. The third-order valence-corrected chi connectivity index (χ3v) is 3.35. The van der Waals surface area contributed by atoms with E-state index in [1.165, 1.54) is 11.1 Å². The van der Waals surface area contributed by atoms with E-state index in [0.29, 0.717) is 0 Å². The van der Waals surface area contributed by atoms with Crippen molar-refractivity contribution in [3.8, 4) is 0 Å². The number of rotatable bonds is 4. The van der Waals surface area contributed by atoms with Gasteiger partial charge in [-0.25, -0.2) is 0 Å². The first-order valence-corrected chi connectivity index (χ1v) is 6.70. The summed E-state index contributed by atoms with van der Waals surface area (Å²) in [5.41, 5.74) is 10.4. The highest BCUT2D eigenvalue weighted by atomic mass is 35.5. The van der Waals surface area contributed by atoms with Crippen LogP contribution >= 0.6 is 11.6 Å². The minimum absolute atomic E-state index is 0.730. The molecule has 2 rings (SSSR count). The van der Waals surface area contributed by atoms with Gasteiger partial charge in [0.1, 0.15) is 0 Å². The average Bonchev–Trinajstić information content (AvgIpc) is 2.37. The molecule has 0 aromatic heterocycles. The van der Waals surface area contributed by atoms with Gasteiger partial charge in [0, 0.05) is 23.8 Å². The van der Waals surface area contributed by atoms with Crippen LogP contribution in [0.3, 0.4) is 0 Å². The molecule has 19 heavy (non-hydrogen) atoms. The standard InChI is InChI=1S/C16H19ClN2/c1-12-3-5-13(6-4-12)10-19(2)11-14-9-15(17)7-8-16(14)18/h3-9H,10-11,18H2,1-2H3. The molecule has 0 amide bonds. The number of anilines is 1. The fourth-order valence-corrected chi connectivity index (χ4v) is 2.26. The van der Waals surface area contributed by atoms with Crippen LogP contribution in [-0.2, 0) is 13.1 Å². The normalized spacial score (nSPS) is 10.9.